The standard InChI is InChI=1S/C19H20FN3O/c20-17-4-1-3-14(9-17)19(24)23-11-15-6-8-22(12-16(15)13-23)18-5-2-7-21-10-18/h1-5,7,9-10,15-16H,6,8,11-13H2/t15-,16+/m1/s1. The van der Waals surface area contributed by atoms with Gasteiger partial charge in [0.05, 0.1) is 11.9 Å². The minimum atomic E-state index is -0.361. The SMILES string of the molecule is O=C(c1cccc(F)c1)N1C[C@H]2CCN(c3cccnc3)C[C@H]2C1. The molecule has 24 heavy (non-hydrogen) atoms. The lowest BCUT2D eigenvalue weighted by molar-refractivity contribution is 0.0784. The van der Waals surface area contributed by atoms with E-state index in [2.05, 4.69) is 16.0 Å². The van der Waals surface area contributed by atoms with E-state index < -0.39 is 0 Å². The lowest BCUT2D eigenvalue weighted by atomic mass is 9.88. The summed E-state index contributed by atoms with van der Waals surface area (Å²) in [6, 6.07) is 10.0. The third-order valence-electron chi connectivity index (χ3n) is 5.17. The molecule has 4 rings (SSSR count). The molecule has 2 atom stereocenters. The van der Waals surface area contributed by atoms with Crippen molar-refractivity contribution >= 4 is 11.6 Å². The minimum absolute atomic E-state index is 0.0585. The van der Waals surface area contributed by atoms with Crippen molar-refractivity contribution < 1.29 is 9.18 Å². The zero-order valence-electron chi connectivity index (χ0n) is 13.4. The molecule has 5 heteroatoms. The number of rotatable bonds is 2. The molecule has 0 unspecified atom stereocenters. The topological polar surface area (TPSA) is 36.4 Å². The Morgan fingerprint density at radius 1 is 1.12 bits per heavy atom. The van der Waals surface area contributed by atoms with Gasteiger partial charge in [0.15, 0.2) is 0 Å². The molecule has 3 heterocycles. The number of aromatic nitrogens is 1. The summed E-state index contributed by atoms with van der Waals surface area (Å²) >= 11 is 0. The first-order chi connectivity index (χ1) is 11.7. The van der Waals surface area contributed by atoms with Gasteiger partial charge in [-0.05, 0) is 48.6 Å². The molecular weight excluding hydrogens is 305 g/mol. The van der Waals surface area contributed by atoms with Crippen molar-refractivity contribution in [3.8, 4) is 0 Å². The van der Waals surface area contributed by atoms with Crippen LogP contribution < -0.4 is 4.90 Å². The van der Waals surface area contributed by atoms with Crippen molar-refractivity contribution in [1.29, 1.82) is 0 Å². The number of piperidine rings is 1. The summed E-state index contributed by atoms with van der Waals surface area (Å²) < 4.78 is 13.4. The van der Waals surface area contributed by atoms with Crippen molar-refractivity contribution in [3.05, 3.63) is 60.2 Å². The summed E-state index contributed by atoms with van der Waals surface area (Å²) in [5.41, 5.74) is 1.59. The first-order valence-electron chi connectivity index (χ1n) is 8.40. The fourth-order valence-corrected chi connectivity index (χ4v) is 3.91. The molecule has 0 N–H and O–H groups in total. The number of amides is 1. The van der Waals surface area contributed by atoms with E-state index in [1.807, 2.05) is 17.2 Å². The zero-order chi connectivity index (χ0) is 16.5. The number of benzene rings is 1. The molecule has 2 aromatic rings. The summed E-state index contributed by atoms with van der Waals surface area (Å²) in [6.07, 6.45) is 4.75. The molecule has 1 aromatic carbocycles. The van der Waals surface area contributed by atoms with Crippen LogP contribution in [0.15, 0.2) is 48.8 Å². The van der Waals surface area contributed by atoms with E-state index in [9.17, 15) is 9.18 Å². The highest BCUT2D eigenvalue weighted by Crippen LogP contribution is 2.33. The van der Waals surface area contributed by atoms with Crippen LogP contribution in [0, 0.1) is 17.7 Å². The Bertz CT molecular complexity index is 736. The number of pyridine rings is 1. The summed E-state index contributed by atoms with van der Waals surface area (Å²) in [7, 11) is 0. The fourth-order valence-electron chi connectivity index (χ4n) is 3.91. The highest BCUT2D eigenvalue weighted by atomic mass is 19.1. The Hall–Kier alpha value is -2.43. The number of halogens is 1. The van der Waals surface area contributed by atoms with E-state index >= 15 is 0 Å². The van der Waals surface area contributed by atoms with Crippen molar-refractivity contribution in [3.63, 3.8) is 0 Å². The van der Waals surface area contributed by atoms with Crippen LogP contribution in [0.2, 0.25) is 0 Å². The van der Waals surface area contributed by atoms with Crippen LogP contribution in [0.3, 0.4) is 0 Å². The van der Waals surface area contributed by atoms with E-state index in [4.69, 9.17) is 0 Å². The molecule has 0 spiro atoms. The molecule has 1 amide bonds. The van der Waals surface area contributed by atoms with Gasteiger partial charge >= 0.3 is 0 Å². The maximum Gasteiger partial charge on any atom is 0.253 e. The maximum absolute atomic E-state index is 13.4. The highest BCUT2D eigenvalue weighted by molar-refractivity contribution is 5.94. The van der Waals surface area contributed by atoms with Crippen molar-refractivity contribution in [2.24, 2.45) is 11.8 Å². The van der Waals surface area contributed by atoms with Crippen molar-refractivity contribution in [1.82, 2.24) is 9.88 Å². The Morgan fingerprint density at radius 2 is 2.00 bits per heavy atom. The Balaban J connectivity index is 1.45. The lowest BCUT2D eigenvalue weighted by Gasteiger charge is -2.35. The maximum atomic E-state index is 13.4. The smallest absolute Gasteiger partial charge is 0.253 e. The summed E-state index contributed by atoms with van der Waals surface area (Å²) in [5, 5.41) is 0. The molecule has 0 aliphatic carbocycles. The number of nitrogens with zero attached hydrogens (tertiary/aromatic N) is 3. The monoisotopic (exact) mass is 325 g/mol. The molecule has 0 bridgehead atoms. The number of carbonyl (C=O) groups is 1. The van der Waals surface area contributed by atoms with Gasteiger partial charge in [-0.3, -0.25) is 9.78 Å². The lowest BCUT2D eigenvalue weighted by Crippen LogP contribution is -2.40. The van der Waals surface area contributed by atoms with Crippen LogP contribution in [-0.4, -0.2) is 42.0 Å². The van der Waals surface area contributed by atoms with Gasteiger partial charge < -0.3 is 9.80 Å². The third kappa shape index (κ3) is 2.86. The van der Waals surface area contributed by atoms with Crippen LogP contribution in [-0.2, 0) is 0 Å². The Morgan fingerprint density at radius 3 is 2.79 bits per heavy atom. The summed E-state index contributed by atoms with van der Waals surface area (Å²) in [4.78, 5) is 21.1. The number of hydrogen-bond donors (Lipinski definition) is 0. The van der Waals surface area contributed by atoms with Gasteiger partial charge in [-0.1, -0.05) is 6.07 Å². The second-order valence-electron chi connectivity index (χ2n) is 6.69. The quantitative estimate of drug-likeness (QED) is 0.852. The first kappa shape index (κ1) is 15.1. The molecule has 124 valence electrons. The van der Waals surface area contributed by atoms with Gasteiger partial charge in [-0.2, -0.15) is 0 Å². The Labute approximate surface area is 140 Å². The molecule has 0 radical (unpaired) electrons. The fraction of sp³-hybridized carbons (Fsp3) is 0.368. The van der Waals surface area contributed by atoms with E-state index in [0.717, 1.165) is 38.3 Å². The molecular formula is C19H20FN3O. The molecule has 2 fully saturated rings. The van der Waals surface area contributed by atoms with Gasteiger partial charge in [0.25, 0.3) is 5.91 Å². The van der Waals surface area contributed by atoms with E-state index in [1.54, 1.807) is 18.3 Å². The van der Waals surface area contributed by atoms with Crippen LogP contribution >= 0.6 is 0 Å². The molecule has 0 saturated carbocycles. The second kappa shape index (κ2) is 6.23. The normalized spacial score (nSPS) is 23.2. The van der Waals surface area contributed by atoms with Gasteiger partial charge in [0.1, 0.15) is 5.82 Å². The first-order valence-corrected chi connectivity index (χ1v) is 8.40. The van der Waals surface area contributed by atoms with Crippen LogP contribution in [0.5, 0.6) is 0 Å². The number of carbonyl (C=O) groups excluding carboxylic acids is 1. The predicted molar refractivity (Wildman–Crippen MR) is 90.4 cm³/mol. The molecule has 2 aliphatic heterocycles. The summed E-state index contributed by atoms with van der Waals surface area (Å²) in [5.74, 6) is 0.587. The number of fused-ring (bicyclic) bond motifs is 1. The van der Waals surface area contributed by atoms with Crippen LogP contribution in [0.4, 0.5) is 10.1 Å². The van der Waals surface area contributed by atoms with Crippen LogP contribution in [0.1, 0.15) is 16.8 Å². The largest absolute Gasteiger partial charge is 0.370 e. The van der Waals surface area contributed by atoms with Crippen LogP contribution in [0.25, 0.3) is 0 Å². The van der Waals surface area contributed by atoms with E-state index in [-0.39, 0.29) is 11.7 Å². The highest BCUT2D eigenvalue weighted by Gasteiger charge is 2.39. The van der Waals surface area contributed by atoms with Gasteiger partial charge in [0.2, 0.25) is 0 Å². The number of anilines is 1. The van der Waals surface area contributed by atoms with E-state index in [1.165, 1.54) is 12.1 Å². The molecule has 2 saturated heterocycles. The minimum Gasteiger partial charge on any atom is -0.370 e. The third-order valence-corrected chi connectivity index (χ3v) is 5.17. The predicted octanol–water partition coefficient (Wildman–Crippen LogP) is 2.82. The molecule has 1 aromatic heterocycles. The number of likely N-dealkylation sites (tertiary alicyclic amines) is 1. The Kier molecular flexibility index (Phi) is 3.92. The van der Waals surface area contributed by atoms with Gasteiger partial charge in [-0.15, -0.1) is 0 Å². The van der Waals surface area contributed by atoms with Gasteiger partial charge in [-0.25, -0.2) is 4.39 Å². The van der Waals surface area contributed by atoms with Crippen molar-refractivity contribution in [2.75, 3.05) is 31.1 Å². The number of hydrogen-bond acceptors (Lipinski definition) is 3. The summed E-state index contributed by atoms with van der Waals surface area (Å²) in [6.45, 7) is 3.47. The zero-order valence-corrected chi connectivity index (χ0v) is 13.4. The second-order valence-corrected chi connectivity index (χ2v) is 6.69. The van der Waals surface area contributed by atoms with Crippen molar-refractivity contribution in [2.45, 2.75) is 6.42 Å². The van der Waals surface area contributed by atoms with Gasteiger partial charge in [0, 0.05) is 37.9 Å². The molecule has 4 nitrogen and oxygen atoms in total. The average Bonchev–Trinajstić information content (AvgIpc) is 3.05. The van der Waals surface area contributed by atoms with E-state index in [0.29, 0.717) is 17.4 Å². The average molecular weight is 325 g/mol. The molecule has 2 aliphatic rings.